The minimum absolute atomic E-state index is 0. The van der Waals surface area contributed by atoms with Crippen molar-refractivity contribution in [2.24, 2.45) is 5.10 Å². The molecule has 0 aliphatic rings. The number of halogens is 1. The third kappa shape index (κ3) is 7.42. The summed E-state index contributed by atoms with van der Waals surface area (Å²) >= 11 is 6.10. The van der Waals surface area contributed by atoms with Crippen LogP contribution in [0.1, 0.15) is 31.4 Å². The first-order chi connectivity index (χ1) is 11.2. The number of hydrogen-bond acceptors (Lipinski definition) is 5. The van der Waals surface area contributed by atoms with Crippen molar-refractivity contribution in [1.29, 1.82) is 0 Å². The van der Waals surface area contributed by atoms with Gasteiger partial charge in [0.1, 0.15) is 0 Å². The smallest absolute Gasteiger partial charge is 0.550 e. The fourth-order valence-corrected chi connectivity index (χ4v) is 2.19. The Morgan fingerprint density at radius 3 is 2.50 bits per heavy atom. The number of nitrogens with one attached hydrogen (secondary N) is 1. The van der Waals surface area contributed by atoms with Crippen LogP contribution in [0.4, 0.5) is 5.69 Å². The van der Waals surface area contributed by atoms with E-state index in [1.165, 1.54) is 0 Å². The zero-order valence-electron chi connectivity index (χ0n) is 13.5. The van der Waals surface area contributed by atoms with Crippen LogP contribution in [-0.4, -0.2) is 16.7 Å². The fraction of sp³-hybridized carbons (Fsp3) is 0.235. The van der Waals surface area contributed by atoms with Crippen molar-refractivity contribution < 1.29 is 61.3 Å². The van der Waals surface area contributed by atoms with E-state index < -0.39 is 5.97 Å². The molecule has 1 N–H and O–H groups in total. The summed E-state index contributed by atoms with van der Waals surface area (Å²) in [5.41, 5.74) is 5.16. The second kappa shape index (κ2) is 11.7. The number of para-hydroxylation sites is 1. The van der Waals surface area contributed by atoms with E-state index in [2.05, 4.69) is 15.5 Å². The molecule has 0 amide bonds. The number of hydrazone groups is 1. The van der Waals surface area contributed by atoms with Crippen LogP contribution >= 0.6 is 11.6 Å². The number of pyridine rings is 1. The van der Waals surface area contributed by atoms with E-state index in [4.69, 9.17) is 11.6 Å². The number of carboxylic acid groups (broad SMARTS) is 1. The van der Waals surface area contributed by atoms with Crippen molar-refractivity contribution in [2.45, 2.75) is 25.7 Å². The summed E-state index contributed by atoms with van der Waals surface area (Å²) in [6, 6.07) is 12.9. The normalized spacial score (nSPS) is 10.8. The molecule has 0 saturated carbocycles. The second-order valence-corrected chi connectivity index (χ2v) is 5.35. The number of nitrogens with zero attached hydrogens (tertiary/aromatic N) is 2. The predicted octanol–water partition coefficient (Wildman–Crippen LogP) is -0.135. The number of rotatable bonds is 8. The average Bonchev–Trinajstić information content (AvgIpc) is 2.56. The average molecular weight is 370 g/mol. The quantitative estimate of drug-likeness (QED) is 0.304. The summed E-state index contributed by atoms with van der Waals surface area (Å²) in [6.45, 7) is 0. The maximum atomic E-state index is 10.5. The molecular weight excluding hydrogens is 353 g/mol. The van der Waals surface area contributed by atoms with Crippen LogP contribution in [-0.2, 0) is 4.79 Å². The number of carbonyl (C=O) groups excluding carboxylic acids is 1. The summed E-state index contributed by atoms with van der Waals surface area (Å²) < 4.78 is 0. The Hall–Kier alpha value is -0.764. The third-order valence-corrected chi connectivity index (χ3v) is 3.52. The van der Waals surface area contributed by atoms with E-state index in [1.807, 2.05) is 36.4 Å². The van der Waals surface area contributed by atoms with Gasteiger partial charge in [-0.25, -0.2) is 0 Å². The summed E-state index contributed by atoms with van der Waals surface area (Å²) in [4.78, 5) is 14.8. The molecule has 0 aliphatic heterocycles. The van der Waals surface area contributed by atoms with E-state index in [-0.39, 0.29) is 57.8 Å². The van der Waals surface area contributed by atoms with Crippen molar-refractivity contribution in [1.82, 2.24) is 4.98 Å². The summed E-state index contributed by atoms with van der Waals surface area (Å²) in [6.07, 6.45) is 3.59. The second-order valence-electron chi connectivity index (χ2n) is 4.94. The van der Waals surface area contributed by atoms with Crippen LogP contribution in [0.3, 0.4) is 0 Å². The number of aliphatic carboxylic acids is 1. The molecule has 0 spiro atoms. The molecule has 1 aromatic carbocycles. The van der Waals surface area contributed by atoms with Gasteiger partial charge >= 0.3 is 51.4 Å². The predicted molar refractivity (Wildman–Crippen MR) is 89.3 cm³/mol. The number of benzene rings is 1. The Morgan fingerprint density at radius 2 is 1.83 bits per heavy atom. The SMILES string of the molecule is O=C([O-])CCCC/C(=N\Nc1ccccc1Cl)c1ccccn1.[K+]. The van der Waals surface area contributed by atoms with Crippen molar-refractivity contribution in [3.63, 3.8) is 0 Å². The first-order valence-electron chi connectivity index (χ1n) is 7.35. The number of anilines is 1. The molecule has 1 aromatic heterocycles. The van der Waals surface area contributed by atoms with Crippen LogP contribution in [0.15, 0.2) is 53.8 Å². The zero-order valence-corrected chi connectivity index (χ0v) is 17.4. The van der Waals surface area contributed by atoms with Crippen LogP contribution in [0.2, 0.25) is 5.02 Å². The van der Waals surface area contributed by atoms with Gasteiger partial charge in [-0.1, -0.05) is 29.8 Å². The van der Waals surface area contributed by atoms with E-state index in [0.717, 1.165) is 11.4 Å². The number of hydrogen-bond donors (Lipinski definition) is 1. The number of unbranched alkanes of at least 4 members (excludes halogenated alkanes) is 1. The fourth-order valence-electron chi connectivity index (χ4n) is 2.02. The largest absolute Gasteiger partial charge is 1.00 e. The maximum absolute atomic E-state index is 10.5. The van der Waals surface area contributed by atoms with Crippen molar-refractivity contribution in [3.8, 4) is 0 Å². The van der Waals surface area contributed by atoms with Gasteiger partial charge in [-0.05, 0) is 49.9 Å². The standard InChI is InChI=1S/C17H18ClN3O2.K/c18-13-7-1-2-8-14(13)20-21-16(10-3-4-11-17(22)23)15-9-5-6-12-19-15;/h1-2,5-9,12,20H,3-4,10-11H2,(H,22,23);/q;+1/p-1/b21-16+;. The molecule has 1 heterocycles. The Morgan fingerprint density at radius 1 is 1.12 bits per heavy atom. The van der Waals surface area contributed by atoms with Gasteiger partial charge in [0.2, 0.25) is 0 Å². The number of carboxylic acids is 1. The molecule has 24 heavy (non-hydrogen) atoms. The molecule has 0 fully saturated rings. The van der Waals surface area contributed by atoms with Gasteiger partial charge in [-0.3, -0.25) is 10.4 Å². The van der Waals surface area contributed by atoms with Crippen molar-refractivity contribution in [2.75, 3.05) is 5.43 Å². The molecule has 120 valence electrons. The van der Waals surface area contributed by atoms with Crippen LogP contribution < -0.4 is 61.9 Å². The molecule has 0 radical (unpaired) electrons. The van der Waals surface area contributed by atoms with E-state index >= 15 is 0 Å². The molecule has 0 saturated heterocycles. The molecular formula is C17H17ClKN3O2. The van der Waals surface area contributed by atoms with Gasteiger partial charge in [0, 0.05) is 12.2 Å². The van der Waals surface area contributed by atoms with E-state index in [9.17, 15) is 9.90 Å². The minimum Gasteiger partial charge on any atom is -0.550 e. The Labute approximate surface area is 188 Å². The van der Waals surface area contributed by atoms with Gasteiger partial charge in [-0.2, -0.15) is 5.10 Å². The van der Waals surface area contributed by atoms with Gasteiger partial charge in [-0.15, -0.1) is 0 Å². The van der Waals surface area contributed by atoms with Crippen molar-refractivity contribution in [3.05, 3.63) is 59.4 Å². The van der Waals surface area contributed by atoms with Crippen LogP contribution in [0.25, 0.3) is 0 Å². The third-order valence-electron chi connectivity index (χ3n) is 3.19. The van der Waals surface area contributed by atoms with Gasteiger partial charge in [0.15, 0.2) is 0 Å². The number of carbonyl (C=O) groups is 1. The maximum Gasteiger partial charge on any atom is 1.00 e. The summed E-state index contributed by atoms with van der Waals surface area (Å²) in [7, 11) is 0. The molecule has 0 bridgehead atoms. The molecule has 5 nitrogen and oxygen atoms in total. The minimum atomic E-state index is -1.03. The molecule has 2 rings (SSSR count). The van der Waals surface area contributed by atoms with Crippen molar-refractivity contribution >= 4 is 29.0 Å². The molecule has 0 atom stereocenters. The molecule has 0 unspecified atom stereocenters. The molecule has 2 aromatic rings. The van der Waals surface area contributed by atoms with E-state index in [0.29, 0.717) is 30.0 Å². The summed E-state index contributed by atoms with van der Waals surface area (Å²) in [5.74, 6) is -1.03. The first kappa shape index (κ1) is 21.3. The van der Waals surface area contributed by atoms with Crippen LogP contribution in [0.5, 0.6) is 0 Å². The Balaban J connectivity index is 0.00000288. The molecule has 0 aliphatic carbocycles. The van der Waals surface area contributed by atoms with Gasteiger partial charge in [0.25, 0.3) is 0 Å². The Bertz CT molecular complexity index is 681. The zero-order chi connectivity index (χ0) is 16.5. The van der Waals surface area contributed by atoms with E-state index in [1.54, 1.807) is 12.3 Å². The van der Waals surface area contributed by atoms with Gasteiger partial charge in [0.05, 0.1) is 22.1 Å². The molecule has 7 heteroatoms. The summed E-state index contributed by atoms with van der Waals surface area (Å²) in [5, 5.41) is 15.5. The Kier molecular flexibility index (Phi) is 10.4. The topological polar surface area (TPSA) is 77.4 Å². The first-order valence-corrected chi connectivity index (χ1v) is 7.73. The monoisotopic (exact) mass is 369 g/mol. The number of aromatic nitrogens is 1. The van der Waals surface area contributed by atoms with Crippen LogP contribution in [0, 0.1) is 0 Å². The van der Waals surface area contributed by atoms with Gasteiger partial charge < -0.3 is 9.90 Å².